The Bertz CT molecular complexity index is 780. The molecule has 136 valence electrons. The first-order valence-corrected chi connectivity index (χ1v) is 10.3. The van der Waals surface area contributed by atoms with E-state index < -0.39 is 5.60 Å². The highest BCUT2D eigenvalue weighted by Gasteiger charge is 2.46. The van der Waals surface area contributed by atoms with Crippen molar-refractivity contribution in [3.63, 3.8) is 0 Å². The molecular weight excluding hydrogens is 404 g/mol. The van der Waals surface area contributed by atoms with Gasteiger partial charge in [-0.2, -0.15) is 0 Å². The Morgan fingerprint density at radius 2 is 2.24 bits per heavy atom. The third-order valence-corrected chi connectivity index (χ3v) is 6.60. The molecule has 3 heterocycles. The minimum Gasteiger partial charge on any atom is -0.444 e. The van der Waals surface area contributed by atoms with Crippen LogP contribution in [0.2, 0.25) is 0 Å². The maximum absolute atomic E-state index is 12.3. The normalized spacial score (nSPS) is 26.9. The maximum atomic E-state index is 12.3. The third-order valence-electron chi connectivity index (χ3n) is 5.25. The van der Waals surface area contributed by atoms with E-state index in [0.29, 0.717) is 5.92 Å². The first-order chi connectivity index (χ1) is 11.7. The number of fused-ring (bicyclic) bond motifs is 1. The molecule has 1 saturated carbocycles. The zero-order valence-electron chi connectivity index (χ0n) is 14.8. The van der Waals surface area contributed by atoms with E-state index in [4.69, 9.17) is 9.72 Å². The van der Waals surface area contributed by atoms with Crippen LogP contribution in [0.4, 0.5) is 4.79 Å². The molecule has 2 unspecified atom stereocenters. The lowest BCUT2D eigenvalue weighted by Crippen LogP contribution is -2.36. The van der Waals surface area contributed by atoms with Crippen LogP contribution in [0.1, 0.15) is 58.1 Å². The van der Waals surface area contributed by atoms with Crippen molar-refractivity contribution >= 4 is 38.3 Å². The summed E-state index contributed by atoms with van der Waals surface area (Å²) < 4.78 is 8.25. The molecule has 1 amide bonds. The molecule has 1 aliphatic heterocycles. The van der Waals surface area contributed by atoms with Crippen LogP contribution in [0.5, 0.6) is 0 Å². The van der Waals surface area contributed by atoms with Crippen molar-refractivity contribution in [2.75, 3.05) is 13.1 Å². The molecule has 8 heteroatoms. The number of aromatic nitrogens is 3. The molecule has 6 nitrogen and oxygen atoms in total. The molecule has 2 aromatic rings. The average Bonchev–Trinajstić information content (AvgIpc) is 3.21. The Kier molecular flexibility index (Phi) is 4.11. The summed E-state index contributed by atoms with van der Waals surface area (Å²) in [6.45, 7) is 7.36. The molecule has 0 bridgehead atoms. The van der Waals surface area contributed by atoms with Crippen molar-refractivity contribution in [1.82, 2.24) is 19.5 Å². The van der Waals surface area contributed by atoms with E-state index in [2.05, 4.69) is 27.2 Å². The van der Waals surface area contributed by atoms with Crippen LogP contribution in [-0.2, 0) is 4.74 Å². The molecule has 2 atom stereocenters. The number of carbonyl (C=O) groups is 1. The van der Waals surface area contributed by atoms with Crippen LogP contribution in [0, 0.1) is 5.41 Å². The monoisotopic (exact) mass is 426 g/mol. The van der Waals surface area contributed by atoms with Gasteiger partial charge in [-0.1, -0.05) is 11.3 Å². The number of hydrogen-bond acceptors (Lipinski definition) is 5. The first kappa shape index (κ1) is 17.3. The molecule has 0 radical (unpaired) electrons. The predicted octanol–water partition coefficient (Wildman–Crippen LogP) is 4.45. The molecule has 2 fully saturated rings. The van der Waals surface area contributed by atoms with Crippen LogP contribution in [-0.4, -0.2) is 44.3 Å². The lowest BCUT2D eigenvalue weighted by atomic mass is 9.84. The van der Waals surface area contributed by atoms with Gasteiger partial charge in [-0.15, -0.1) is 5.10 Å². The molecule has 0 aromatic carbocycles. The number of carbonyl (C=O) groups excluding carboxylic acids is 1. The van der Waals surface area contributed by atoms with Crippen LogP contribution < -0.4 is 0 Å². The number of ether oxygens (including phenoxy) is 1. The van der Waals surface area contributed by atoms with Crippen molar-refractivity contribution in [3.8, 4) is 0 Å². The standard InChI is InChI=1S/C17H23BrN4O2S/c1-16(2,3)24-15(23)21-7-6-17(10-21)5-4-11(8-17)12-9-22-14(19-12)25-13(18)20-22/h9,11H,4-8,10H2,1-3H3. The van der Waals surface area contributed by atoms with Gasteiger partial charge < -0.3 is 9.64 Å². The average molecular weight is 427 g/mol. The van der Waals surface area contributed by atoms with E-state index >= 15 is 0 Å². The van der Waals surface area contributed by atoms with Crippen molar-refractivity contribution < 1.29 is 9.53 Å². The minimum atomic E-state index is -0.436. The number of nitrogens with zero attached hydrogens (tertiary/aromatic N) is 4. The van der Waals surface area contributed by atoms with E-state index in [9.17, 15) is 4.79 Å². The summed E-state index contributed by atoms with van der Waals surface area (Å²) in [6, 6.07) is 0. The summed E-state index contributed by atoms with van der Waals surface area (Å²) in [5.74, 6) is 0.464. The lowest BCUT2D eigenvalue weighted by molar-refractivity contribution is 0.0273. The van der Waals surface area contributed by atoms with Gasteiger partial charge in [-0.3, -0.25) is 0 Å². The molecule has 2 aliphatic rings. The Hall–Kier alpha value is -1.15. The van der Waals surface area contributed by atoms with Gasteiger partial charge in [0.1, 0.15) is 5.60 Å². The number of amides is 1. The predicted molar refractivity (Wildman–Crippen MR) is 100 cm³/mol. The zero-order chi connectivity index (χ0) is 17.8. The van der Waals surface area contributed by atoms with Gasteiger partial charge in [0.05, 0.1) is 11.9 Å². The van der Waals surface area contributed by atoms with E-state index in [1.165, 1.54) is 0 Å². The fraction of sp³-hybridized carbons (Fsp3) is 0.706. The summed E-state index contributed by atoms with van der Waals surface area (Å²) >= 11 is 4.95. The van der Waals surface area contributed by atoms with Crippen molar-refractivity contribution in [2.24, 2.45) is 5.41 Å². The highest BCUT2D eigenvalue weighted by Crippen LogP contribution is 2.51. The number of halogens is 1. The van der Waals surface area contributed by atoms with Crippen molar-refractivity contribution in [3.05, 3.63) is 15.8 Å². The SMILES string of the molecule is CC(C)(C)OC(=O)N1CCC2(CCC(c3cn4nc(Br)sc4n3)C2)C1. The minimum absolute atomic E-state index is 0.176. The van der Waals surface area contributed by atoms with E-state index in [0.717, 1.165) is 53.3 Å². The third kappa shape index (κ3) is 3.43. The summed E-state index contributed by atoms with van der Waals surface area (Å²) in [4.78, 5) is 19.9. The van der Waals surface area contributed by atoms with E-state index in [1.807, 2.05) is 30.2 Å². The smallest absolute Gasteiger partial charge is 0.410 e. The zero-order valence-corrected chi connectivity index (χ0v) is 17.2. The van der Waals surface area contributed by atoms with Gasteiger partial charge in [0, 0.05) is 19.0 Å². The van der Waals surface area contributed by atoms with Crippen molar-refractivity contribution in [2.45, 2.75) is 58.0 Å². The Balaban J connectivity index is 1.43. The largest absolute Gasteiger partial charge is 0.444 e. The first-order valence-electron chi connectivity index (χ1n) is 8.73. The van der Waals surface area contributed by atoms with Gasteiger partial charge in [-0.25, -0.2) is 14.3 Å². The molecule has 0 N–H and O–H groups in total. The second-order valence-electron chi connectivity index (χ2n) is 8.34. The number of imidazole rings is 1. The van der Waals surface area contributed by atoms with Crippen LogP contribution in [0.3, 0.4) is 0 Å². The Labute approximate surface area is 159 Å². The summed E-state index contributed by atoms with van der Waals surface area (Å²) in [7, 11) is 0. The molecule has 1 saturated heterocycles. The van der Waals surface area contributed by atoms with Gasteiger partial charge in [-0.05, 0) is 67.8 Å². The molecule has 4 rings (SSSR count). The molecule has 2 aromatic heterocycles. The Morgan fingerprint density at radius 1 is 1.44 bits per heavy atom. The second kappa shape index (κ2) is 5.94. The molecular formula is C17H23BrN4O2S. The Morgan fingerprint density at radius 3 is 2.96 bits per heavy atom. The number of likely N-dealkylation sites (tertiary alicyclic amines) is 1. The number of hydrogen-bond donors (Lipinski definition) is 0. The quantitative estimate of drug-likeness (QED) is 0.675. The molecule has 1 aliphatic carbocycles. The van der Waals surface area contributed by atoms with Crippen molar-refractivity contribution in [1.29, 1.82) is 0 Å². The van der Waals surface area contributed by atoms with Gasteiger partial charge >= 0.3 is 6.09 Å². The maximum Gasteiger partial charge on any atom is 0.410 e. The lowest BCUT2D eigenvalue weighted by Gasteiger charge is -2.27. The summed E-state index contributed by atoms with van der Waals surface area (Å²) in [5.41, 5.74) is 0.931. The molecule has 25 heavy (non-hydrogen) atoms. The second-order valence-corrected chi connectivity index (χ2v) is 10.6. The van der Waals surface area contributed by atoms with E-state index in [1.54, 1.807) is 11.3 Å². The fourth-order valence-corrected chi connectivity index (χ4v) is 5.36. The van der Waals surface area contributed by atoms with Crippen LogP contribution in [0.25, 0.3) is 4.96 Å². The number of rotatable bonds is 1. The summed E-state index contributed by atoms with van der Waals surface area (Å²) in [6.07, 6.45) is 6.32. The molecule has 1 spiro atoms. The van der Waals surface area contributed by atoms with Crippen LogP contribution >= 0.6 is 27.3 Å². The summed E-state index contributed by atoms with van der Waals surface area (Å²) in [5, 5.41) is 4.38. The van der Waals surface area contributed by atoms with Gasteiger partial charge in [0.2, 0.25) is 4.96 Å². The topological polar surface area (TPSA) is 59.7 Å². The van der Waals surface area contributed by atoms with Crippen LogP contribution in [0.15, 0.2) is 10.1 Å². The highest BCUT2D eigenvalue weighted by atomic mass is 79.9. The fourth-order valence-electron chi connectivity index (χ4n) is 4.14. The van der Waals surface area contributed by atoms with Gasteiger partial charge in [0.15, 0.2) is 3.92 Å². The van der Waals surface area contributed by atoms with Gasteiger partial charge in [0.25, 0.3) is 0 Å². The van der Waals surface area contributed by atoms with E-state index in [-0.39, 0.29) is 11.5 Å². The highest BCUT2D eigenvalue weighted by molar-refractivity contribution is 9.11.